The van der Waals surface area contributed by atoms with Crippen LogP contribution in [0.2, 0.25) is 0 Å². The molecule has 4 rings (SSSR count). The molecule has 30 heavy (non-hydrogen) atoms. The molecule has 4 aromatic rings. The van der Waals surface area contributed by atoms with Gasteiger partial charge in [-0.25, -0.2) is 0 Å². The van der Waals surface area contributed by atoms with Crippen molar-refractivity contribution in [3.8, 4) is 11.5 Å². The second kappa shape index (κ2) is 9.11. The van der Waals surface area contributed by atoms with Crippen molar-refractivity contribution < 1.29 is 15.0 Å². The summed E-state index contributed by atoms with van der Waals surface area (Å²) >= 11 is 3.03. The van der Waals surface area contributed by atoms with Gasteiger partial charge in [0.15, 0.2) is 5.78 Å². The van der Waals surface area contributed by atoms with Gasteiger partial charge in [-0.2, -0.15) is 0 Å². The molecule has 0 fully saturated rings. The van der Waals surface area contributed by atoms with Gasteiger partial charge in [0.25, 0.3) is 0 Å². The van der Waals surface area contributed by atoms with E-state index in [-0.39, 0.29) is 17.3 Å². The SMILES string of the molecule is O=C(c1ccccc1)c1cccc(Sc2ccc(O)cc2)c1Sc1ccc(O)cc1. The molecular weight excluding hydrogens is 412 g/mol. The van der Waals surface area contributed by atoms with Crippen molar-refractivity contribution in [3.05, 3.63) is 108 Å². The summed E-state index contributed by atoms with van der Waals surface area (Å²) in [4.78, 5) is 17.0. The van der Waals surface area contributed by atoms with Crippen LogP contribution < -0.4 is 0 Å². The van der Waals surface area contributed by atoms with Crippen LogP contribution in [0.4, 0.5) is 0 Å². The van der Waals surface area contributed by atoms with Crippen molar-refractivity contribution in [2.45, 2.75) is 19.6 Å². The number of phenols is 2. The van der Waals surface area contributed by atoms with Crippen LogP contribution in [0.15, 0.2) is 117 Å². The smallest absolute Gasteiger partial charge is 0.194 e. The van der Waals surface area contributed by atoms with Crippen LogP contribution in [0.3, 0.4) is 0 Å². The van der Waals surface area contributed by atoms with Gasteiger partial charge in [0.05, 0.1) is 0 Å². The summed E-state index contributed by atoms with van der Waals surface area (Å²) in [5.41, 5.74) is 1.26. The van der Waals surface area contributed by atoms with Gasteiger partial charge < -0.3 is 10.2 Å². The van der Waals surface area contributed by atoms with Crippen molar-refractivity contribution in [1.82, 2.24) is 0 Å². The summed E-state index contributed by atoms with van der Waals surface area (Å²) in [6, 6.07) is 28.9. The Hall–Kier alpha value is -3.15. The maximum absolute atomic E-state index is 13.3. The fourth-order valence-corrected chi connectivity index (χ4v) is 4.97. The second-order valence-electron chi connectivity index (χ2n) is 6.52. The highest BCUT2D eigenvalue weighted by atomic mass is 32.2. The van der Waals surface area contributed by atoms with E-state index >= 15 is 0 Å². The Morgan fingerprint density at radius 2 is 1.17 bits per heavy atom. The van der Waals surface area contributed by atoms with Crippen LogP contribution in [0, 0.1) is 0 Å². The van der Waals surface area contributed by atoms with Crippen LogP contribution in [0.25, 0.3) is 0 Å². The summed E-state index contributed by atoms with van der Waals surface area (Å²) in [5.74, 6) is 0.378. The second-order valence-corrected chi connectivity index (χ2v) is 8.72. The van der Waals surface area contributed by atoms with Gasteiger partial charge in [-0.05, 0) is 60.7 Å². The Labute approximate surface area is 183 Å². The number of hydrogen-bond donors (Lipinski definition) is 2. The number of carbonyl (C=O) groups excluding carboxylic acids is 1. The first-order valence-electron chi connectivity index (χ1n) is 9.27. The van der Waals surface area contributed by atoms with E-state index in [0.717, 1.165) is 19.6 Å². The number of aromatic hydroxyl groups is 2. The van der Waals surface area contributed by atoms with Crippen LogP contribution >= 0.6 is 23.5 Å². The third-order valence-electron chi connectivity index (χ3n) is 4.38. The normalized spacial score (nSPS) is 10.7. The van der Waals surface area contributed by atoms with Crippen LogP contribution in [-0.2, 0) is 0 Å². The molecule has 0 radical (unpaired) electrons. The van der Waals surface area contributed by atoms with Crippen molar-refractivity contribution >= 4 is 29.3 Å². The van der Waals surface area contributed by atoms with Crippen molar-refractivity contribution in [2.75, 3.05) is 0 Å². The van der Waals surface area contributed by atoms with Gasteiger partial charge in [0.1, 0.15) is 11.5 Å². The Balaban J connectivity index is 1.77. The molecule has 0 saturated heterocycles. The number of carbonyl (C=O) groups is 1. The van der Waals surface area contributed by atoms with Gasteiger partial charge >= 0.3 is 0 Å². The van der Waals surface area contributed by atoms with Crippen molar-refractivity contribution in [2.24, 2.45) is 0 Å². The number of hydrogen-bond acceptors (Lipinski definition) is 5. The third-order valence-corrected chi connectivity index (χ3v) is 6.73. The number of rotatable bonds is 6. The van der Waals surface area contributed by atoms with E-state index in [1.807, 2.05) is 72.8 Å². The number of phenolic OH excluding ortho intramolecular Hbond substituents is 2. The van der Waals surface area contributed by atoms with Crippen molar-refractivity contribution in [1.29, 1.82) is 0 Å². The summed E-state index contributed by atoms with van der Waals surface area (Å²) in [7, 11) is 0. The number of ketones is 1. The van der Waals surface area contributed by atoms with E-state index in [2.05, 4.69) is 0 Å². The van der Waals surface area contributed by atoms with Crippen molar-refractivity contribution in [3.63, 3.8) is 0 Å². The van der Waals surface area contributed by atoms with Gasteiger partial charge in [0.2, 0.25) is 0 Å². The van der Waals surface area contributed by atoms with E-state index in [0.29, 0.717) is 11.1 Å². The predicted octanol–water partition coefficient (Wildman–Crippen LogP) is 6.63. The molecule has 0 aliphatic carbocycles. The van der Waals surface area contributed by atoms with Crippen LogP contribution in [0.1, 0.15) is 15.9 Å². The standard InChI is InChI=1S/C25H18O3S2/c26-18-9-13-20(14-10-18)29-23-8-4-7-22(24(28)17-5-2-1-3-6-17)25(23)30-21-15-11-19(27)12-16-21/h1-16,26-27H. The minimum Gasteiger partial charge on any atom is -0.508 e. The summed E-state index contributed by atoms with van der Waals surface area (Å²) < 4.78 is 0. The first-order chi connectivity index (χ1) is 14.6. The van der Waals surface area contributed by atoms with E-state index in [9.17, 15) is 15.0 Å². The quantitative estimate of drug-likeness (QED) is 0.336. The molecule has 5 heteroatoms. The van der Waals surface area contributed by atoms with Gasteiger partial charge in [-0.1, -0.05) is 59.9 Å². The minimum absolute atomic E-state index is 0.0370. The lowest BCUT2D eigenvalue weighted by molar-refractivity contribution is 0.103. The fourth-order valence-electron chi connectivity index (χ4n) is 2.90. The Kier molecular flexibility index (Phi) is 6.12. The lowest BCUT2D eigenvalue weighted by Gasteiger charge is -2.14. The molecule has 0 aromatic heterocycles. The monoisotopic (exact) mass is 430 g/mol. The Morgan fingerprint density at radius 3 is 1.77 bits per heavy atom. The molecular formula is C25H18O3S2. The van der Waals surface area contributed by atoms with Gasteiger partial charge in [-0.3, -0.25) is 4.79 Å². The summed E-state index contributed by atoms with van der Waals surface area (Å²) in [5, 5.41) is 19.2. The van der Waals surface area contributed by atoms with E-state index in [4.69, 9.17) is 0 Å². The highest BCUT2D eigenvalue weighted by molar-refractivity contribution is 8.02. The molecule has 4 aromatic carbocycles. The zero-order valence-corrected chi connectivity index (χ0v) is 17.5. The molecule has 0 atom stereocenters. The largest absolute Gasteiger partial charge is 0.508 e. The fraction of sp³-hybridized carbons (Fsp3) is 0. The first kappa shape index (κ1) is 20.1. The average Bonchev–Trinajstić information content (AvgIpc) is 2.78. The zero-order valence-electron chi connectivity index (χ0n) is 15.9. The Morgan fingerprint density at radius 1 is 0.600 bits per heavy atom. The first-order valence-corrected chi connectivity index (χ1v) is 10.9. The number of benzene rings is 4. The van der Waals surface area contributed by atoms with Gasteiger partial charge in [-0.15, -0.1) is 0 Å². The molecule has 0 unspecified atom stereocenters. The lowest BCUT2D eigenvalue weighted by Crippen LogP contribution is -2.03. The highest BCUT2D eigenvalue weighted by Crippen LogP contribution is 2.42. The highest BCUT2D eigenvalue weighted by Gasteiger charge is 2.18. The molecule has 2 N–H and O–H groups in total. The van der Waals surface area contributed by atoms with Gasteiger partial charge in [0, 0.05) is 30.7 Å². The molecule has 0 spiro atoms. The topological polar surface area (TPSA) is 57.5 Å². The predicted molar refractivity (Wildman–Crippen MR) is 121 cm³/mol. The van der Waals surface area contributed by atoms with E-state index in [1.54, 1.807) is 24.3 Å². The molecule has 148 valence electrons. The molecule has 0 saturated carbocycles. The van der Waals surface area contributed by atoms with Crippen LogP contribution in [0.5, 0.6) is 11.5 Å². The zero-order chi connectivity index (χ0) is 20.9. The van der Waals surface area contributed by atoms with Crippen LogP contribution in [-0.4, -0.2) is 16.0 Å². The van der Waals surface area contributed by atoms with E-state index in [1.165, 1.54) is 23.5 Å². The summed E-state index contributed by atoms with van der Waals surface area (Å²) in [6.45, 7) is 0. The lowest BCUT2D eigenvalue weighted by atomic mass is 10.0. The molecule has 0 bridgehead atoms. The summed E-state index contributed by atoms with van der Waals surface area (Å²) in [6.07, 6.45) is 0. The molecule has 0 aliphatic rings. The maximum atomic E-state index is 13.3. The maximum Gasteiger partial charge on any atom is 0.194 e. The third kappa shape index (κ3) is 4.70. The molecule has 3 nitrogen and oxygen atoms in total. The average molecular weight is 431 g/mol. The minimum atomic E-state index is -0.0370. The molecule has 0 amide bonds. The molecule has 0 heterocycles. The Bertz CT molecular complexity index is 1160. The van der Waals surface area contributed by atoms with E-state index < -0.39 is 0 Å². The molecule has 0 aliphatic heterocycles.